The van der Waals surface area contributed by atoms with Crippen molar-refractivity contribution in [3.8, 4) is 5.75 Å². The van der Waals surface area contributed by atoms with Crippen LogP contribution in [0.25, 0.3) is 0 Å². The Labute approximate surface area is 142 Å². The molecule has 1 N–H and O–H groups in total. The quantitative estimate of drug-likeness (QED) is 0.846. The first kappa shape index (κ1) is 18.0. The lowest BCUT2D eigenvalue weighted by molar-refractivity contribution is 0.0910. The van der Waals surface area contributed by atoms with E-state index in [0.717, 1.165) is 0 Å². The van der Waals surface area contributed by atoms with Gasteiger partial charge in [-0.25, -0.2) is 4.39 Å². The summed E-state index contributed by atoms with van der Waals surface area (Å²) in [7, 11) is 0. The third-order valence-electron chi connectivity index (χ3n) is 3.65. The second-order valence-corrected chi connectivity index (χ2v) is 6.79. The first-order chi connectivity index (χ1) is 11.3. The number of amides is 1. The molecule has 0 aromatic heterocycles. The van der Waals surface area contributed by atoms with Gasteiger partial charge in [0.15, 0.2) is 0 Å². The molecule has 24 heavy (non-hydrogen) atoms. The molecule has 0 aliphatic heterocycles. The number of carbonyl (C=O) groups is 1. The van der Waals surface area contributed by atoms with Crippen molar-refractivity contribution in [2.45, 2.75) is 33.2 Å². The molecule has 2 aromatic carbocycles. The predicted molar refractivity (Wildman–Crippen MR) is 93.7 cm³/mol. The molecule has 0 saturated carbocycles. The molecule has 0 heterocycles. The molecule has 0 saturated heterocycles. The maximum absolute atomic E-state index is 14.0. The smallest absolute Gasteiger partial charge is 0.252 e. The van der Waals surface area contributed by atoms with Gasteiger partial charge in [-0.15, -0.1) is 0 Å². The molecule has 0 aliphatic carbocycles. The fraction of sp³-hybridized carbons (Fsp3) is 0.350. The molecule has 0 unspecified atom stereocenters. The third kappa shape index (κ3) is 4.57. The van der Waals surface area contributed by atoms with E-state index in [0.29, 0.717) is 29.4 Å². The van der Waals surface area contributed by atoms with Crippen molar-refractivity contribution < 1.29 is 13.9 Å². The second kappa shape index (κ2) is 7.47. The van der Waals surface area contributed by atoms with Crippen LogP contribution in [0.1, 0.15) is 43.6 Å². The van der Waals surface area contributed by atoms with Gasteiger partial charge in [0.1, 0.15) is 11.6 Å². The average molecular weight is 329 g/mol. The largest absolute Gasteiger partial charge is 0.493 e. The Kier molecular flexibility index (Phi) is 5.60. The highest BCUT2D eigenvalue weighted by Crippen LogP contribution is 2.24. The van der Waals surface area contributed by atoms with E-state index in [-0.39, 0.29) is 11.7 Å². The predicted octanol–water partition coefficient (Wildman–Crippen LogP) is 4.53. The van der Waals surface area contributed by atoms with Gasteiger partial charge < -0.3 is 10.1 Å². The minimum Gasteiger partial charge on any atom is -0.493 e. The number of hydrogen-bond acceptors (Lipinski definition) is 2. The lowest BCUT2D eigenvalue weighted by atomic mass is 9.93. The van der Waals surface area contributed by atoms with Gasteiger partial charge in [-0.05, 0) is 44.0 Å². The van der Waals surface area contributed by atoms with E-state index in [2.05, 4.69) is 19.2 Å². The van der Waals surface area contributed by atoms with E-state index in [1.807, 2.05) is 6.07 Å². The summed E-state index contributed by atoms with van der Waals surface area (Å²) in [6, 6.07) is 13.5. The maximum Gasteiger partial charge on any atom is 0.252 e. The summed E-state index contributed by atoms with van der Waals surface area (Å²) in [4.78, 5) is 12.5. The first-order valence-electron chi connectivity index (χ1n) is 8.10. The van der Waals surface area contributed by atoms with Crippen LogP contribution < -0.4 is 10.1 Å². The SMILES string of the molecule is CC(C)COc1cccc(C(=O)NC(C)(C)c2ccccc2F)c1. The zero-order chi connectivity index (χ0) is 17.7. The van der Waals surface area contributed by atoms with E-state index in [1.54, 1.807) is 50.2 Å². The summed E-state index contributed by atoms with van der Waals surface area (Å²) >= 11 is 0. The molecule has 0 fully saturated rings. The monoisotopic (exact) mass is 329 g/mol. The summed E-state index contributed by atoms with van der Waals surface area (Å²) in [6.45, 7) is 8.28. The van der Waals surface area contributed by atoms with Crippen molar-refractivity contribution in [2.75, 3.05) is 6.61 Å². The van der Waals surface area contributed by atoms with E-state index >= 15 is 0 Å². The van der Waals surface area contributed by atoms with E-state index in [1.165, 1.54) is 6.07 Å². The van der Waals surface area contributed by atoms with Crippen molar-refractivity contribution >= 4 is 5.91 Å². The molecule has 0 bridgehead atoms. The number of nitrogens with one attached hydrogen (secondary N) is 1. The number of benzene rings is 2. The number of rotatable bonds is 6. The van der Waals surface area contributed by atoms with E-state index in [4.69, 9.17) is 4.74 Å². The highest BCUT2D eigenvalue weighted by atomic mass is 19.1. The summed E-state index contributed by atoms with van der Waals surface area (Å²) in [5.41, 5.74) is 0.114. The lowest BCUT2D eigenvalue weighted by Crippen LogP contribution is -2.41. The minimum atomic E-state index is -0.822. The van der Waals surface area contributed by atoms with Gasteiger partial charge in [-0.3, -0.25) is 4.79 Å². The van der Waals surface area contributed by atoms with Crippen LogP contribution in [0.3, 0.4) is 0 Å². The normalized spacial score (nSPS) is 11.4. The van der Waals surface area contributed by atoms with Crippen LogP contribution in [0.4, 0.5) is 4.39 Å². The highest BCUT2D eigenvalue weighted by molar-refractivity contribution is 5.95. The topological polar surface area (TPSA) is 38.3 Å². The van der Waals surface area contributed by atoms with Crippen LogP contribution in [-0.2, 0) is 5.54 Å². The number of halogens is 1. The molecule has 0 spiro atoms. The Morgan fingerprint density at radius 1 is 1.17 bits per heavy atom. The molecule has 0 radical (unpaired) electrons. The summed E-state index contributed by atoms with van der Waals surface area (Å²) in [5.74, 6) is 0.456. The Morgan fingerprint density at radius 3 is 2.54 bits per heavy atom. The maximum atomic E-state index is 14.0. The summed E-state index contributed by atoms with van der Waals surface area (Å²) in [5, 5.41) is 2.89. The van der Waals surface area contributed by atoms with Gasteiger partial charge in [-0.2, -0.15) is 0 Å². The van der Waals surface area contributed by atoms with Crippen LogP contribution in [0.5, 0.6) is 5.75 Å². The first-order valence-corrected chi connectivity index (χ1v) is 8.10. The van der Waals surface area contributed by atoms with Gasteiger partial charge in [0.2, 0.25) is 0 Å². The van der Waals surface area contributed by atoms with Crippen molar-refractivity contribution in [1.29, 1.82) is 0 Å². The Balaban J connectivity index is 2.14. The van der Waals surface area contributed by atoms with Crippen LogP contribution in [0.15, 0.2) is 48.5 Å². The zero-order valence-corrected chi connectivity index (χ0v) is 14.6. The molecule has 128 valence electrons. The molecule has 1 amide bonds. The zero-order valence-electron chi connectivity index (χ0n) is 14.6. The summed E-state index contributed by atoms with van der Waals surface area (Å²) in [6.07, 6.45) is 0. The molecule has 0 atom stereocenters. The molecular weight excluding hydrogens is 305 g/mol. The van der Waals surface area contributed by atoms with Crippen molar-refractivity contribution in [3.63, 3.8) is 0 Å². The molecule has 2 aromatic rings. The minimum absolute atomic E-state index is 0.266. The van der Waals surface area contributed by atoms with Gasteiger partial charge >= 0.3 is 0 Å². The summed E-state index contributed by atoms with van der Waals surface area (Å²) < 4.78 is 19.7. The molecule has 4 heteroatoms. The van der Waals surface area contributed by atoms with E-state index < -0.39 is 5.54 Å². The Bertz CT molecular complexity index is 710. The highest BCUT2D eigenvalue weighted by Gasteiger charge is 2.26. The Morgan fingerprint density at radius 2 is 1.88 bits per heavy atom. The molecule has 3 nitrogen and oxygen atoms in total. The van der Waals surface area contributed by atoms with Gasteiger partial charge in [0.05, 0.1) is 12.1 Å². The lowest BCUT2D eigenvalue weighted by Gasteiger charge is -2.27. The van der Waals surface area contributed by atoms with Crippen molar-refractivity contribution in [2.24, 2.45) is 5.92 Å². The van der Waals surface area contributed by atoms with Gasteiger partial charge in [0.25, 0.3) is 5.91 Å². The van der Waals surface area contributed by atoms with Crippen LogP contribution in [0.2, 0.25) is 0 Å². The second-order valence-electron chi connectivity index (χ2n) is 6.79. The molecule has 2 rings (SSSR count). The van der Waals surface area contributed by atoms with Crippen LogP contribution >= 0.6 is 0 Å². The van der Waals surface area contributed by atoms with Gasteiger partial charge in [-0.1, -0.05) is 38.1 Å². The third-order valence-corrected chi connectivity index (χ3v) is 3.65. The fourth-order valence-electron chi connectivity index (χ4n) is 2.38. The van der Waals surface area contributed by atoms with Crippen LogP contribution in [-0.4, -0.2) is 12.5 Å². The standard InChI is InChI=1S/C20H24FNO2/c1-14(2)13-24-16-9-7-8-15(12-16)19(23)22-20(3,4)17-10-5-6-11-18(17)21/h5-12,14H,13H2,1-4H3,(H,22,23). The van der Waals surface area contributed by atoms with E-state index in [9.17, 15) is 9.18 Å². The van der Waals surface area contributed by atoms with Gasteiger partial charge in [0, 0.05) is 11.1 Å². The van der Waals surface area contributed by atoms with Crippen molar-refractivity contribution in [3.05, 3.63) is 65.5 Å². The average Bonchev–Trinajstić information content (AvgIpc) is 2.53. The fourth-order valence-corrected chi connectivity index (χ4v) is 2.38. The Hall–Kier alpha value is -2.36. The van der Waals surface area contributed by atoms with Crippen LogP contribution in [0, 0.1) is 11.7 Å². The number of ether oxygens (including phenoxy) is 1. The number of hydrogen-bond donors (Lipinski definition) is 1. The number of carbonyl (C=O) groups excluding carboxylic acids is 1. The molecular formula is C20H24FNO2. The van der Waals surface area contributed by atoms with Crippen molar-refractivity contribution in [1.82, 2.24) is 5.32 Å². The molecule has 0 aliphatic rings.